The second-order valence-corrected chi connectivity index (χ2v) is 15.3. The fraction of sp³-hybridized carbons (Fsp3) is 0.478. The predicted molar refractivity (Wildman–Crippen MR) is 222 cm³/mol. The first kappa shape index (κ1) is 45.8. The van der Waals surface area contributed by atoms with E-state index in [1.165, 1.54) is 11.1 Å². The van der Waals surface area contributed by atoms with Crippen molar-refractivity contribution in [3.63, 3.8) is 0 Å². The second-order valence-electron chi connectivity index (χ2n) is 15.3. The third-order valence-corrected chi connectivity index (χ3v) is 9.38. The first-order valence-electron chi connectivity index (χ1n) is 19.8. The summed E-state index contributed by atoms with van der Waals surface area (Å²) < 4.78 is 34.3. The SMILES string of the molecule is CCO.Cc1ccc(OC[C@H]2COC(C)(C)O2)cc1[C@H](O)CN.Cc1ccc(OC[C@H]2COC(C)(C)O2)cc1[C@H](O)CN(Cc1ccccc1)Cc1ccccc1. The Morgan fingerprint density at radius 2 is 1.09 bits per heavy atom. The number of benzene rings is 4. The van der Waals surface area contributed by atoms with Crippen LogP contribution in [0.1, 0.15) is 80.2 Å². The Labute approximate surface area is 339 Å². The molecule has 2 aliphatic rings. The fourth-order valence-electron chi connectivity index (χ4n) is 6.54. The minimum absolute atomic E-state index is 0.0748. The largest absolute Gasteiger partial charge is 0.491 e. The minimum Gasteiger partial charge on any atom is -0.491 e. The van der Waals surface area contributed by atoms with Crippen molar-refractivity contribution in [3.8, 4) is 11.5 Å². The number of aliphatic hydroxyl groups is 3. The molecule has 0 amide bonds. The molecule has 2 heterocycles. The summed E-state index contributed by atoms with van der Waals surface area (Å²) in [5.74, 6) is 0.322. The van der Waals surface area contributed by atoms with Gasteiger partial charge in [-0.3, -0.25) is 4.90 Å². The van der Waals surface area contributed by atoms with E-state index in [1.54, 1.807) is 6.92 Å². The van der Waals surface area contributed by atoms with Crippen molar-refractivity contribution in [2.75, 3.05) is 46.1 Å². The summed E-state index contributed by atoms with van der Waals surface area (Å²) in [5, 5.41) is 28.7. The van der Waals surface area contributed by atoms with Gasteiger partial charge in [-0.05, 0) is 106 Å². The number of hydrogen-bond acceptors (Lipinski definition) is 11. The molecule has 0 saturated carbocycles. The third-order valence-electron chi connectivity index (χ3n) is 9.38. The van der Waals surface area contributed by atoms with Crippen LogP contribution in [0.3, 0.4) is 0 Å². The summed E-state index contributed by atoms with van der Waals surface area (Å²) in [6.45, 7) is 17.6. The summed E-state index contributed by atoms with van der Waals surface area (Å²) in [4.78, 5) is 2.29. The molecule has 0 radical (unpaired) electrons. The summed E-state index contributed by atoms with van der Waals surface area (Å²) in [6.07, 6.45) is -1.48. The zero-order valence-electron chi connectivity index (χ0n) is 34.7. The van der Waals surface area contributed by atoms with Crippen molar-refractivity contribution in [3.05, 3.63) is 130 Å². The van der Waals surface area contributed by atoms with Crippen molar-refractivity contribution >= 4 is 0 Å². The number of aliphatic hydroxyl groups excluding tert-OH is 3. The molecule has 312 valence electrons. The van der Waals surface area contributed by atoms with Crippen molar-refractivity contribution in [2.24, 2.45) is 5.73 Å². The van der Waals surface area contributed by atoms with Gasteiger partial charge in [0.15, 0.2) is 11.6 Å². The molecule has 57 heavy (non-hydrogen) atoms. The van der Waals surface area contributed by atoms with Gasteiger partial charge in [-0.2, -0.15) is 0 Å². The van der Waals surface area contributed by atoms with Gasteiger partial charge < -0.3 is 49.5 Å². The van der Waals surface area contributed by atoms with Crippen molar-refractivity contribution < 1.29 is 43.7 Å². The number of ether oxygens (including phenoxy) is 6. The van der Waals surface area contributed by atoms with Gasteiger partial charge in [0.05, 0.1) is 25.4 Å². The number of hydrogen-bond donors (Lipinski definition) is 4. The van der Waals surface area contributed by atoms with Gasteiger partial charge in [-0.15, -0.1) is 0 Å². The topological polar surface area (TPSA) is 145 Å². The fourth-order valence-corrected chi connectivity index (χ4v) is 6.54. The molecule has 11 nitrogen and oxygen atoms in total. The maximum atomic E-state index is 11.3. The Kier molecular flexibility index (Phi) is 17.9. The molecule has 0 aliphatic carbocycles. The van der Waals surface area contributed by atoms with Crippen LogP contribution in [0, 0.1) is 13.8 Å². The quantitative estimate of drug-likeness (QED) is 0.101. The molecule has 6 rings (SSSR count). The highest BCUT2D eigenvalue weighted by atomic mass is 16.8. The highest BCUT2D eigenvalue weighted by Gasteiger charge is 2.34. The van der Waals surface area contributed by atoms with Gasteiger partial charge >= 0.3 is 0 Å². The van der Waals surface area contributed by atoms with Gasteiger partial charge in [0.25, 0.3) is 0 Å². The normalized spacial score (nSPS) is 19.2. The molecule has 2 aliphatic heterocycles. The molecular weight excluding hydrogens is 725 g/mol. The van der Waals surface area contributed by atoms with Crippen molar-refractivity contribution in [2.45, 2.75) is 97.5 Å². The highest BCUT2D eigenvalue weighted by molar-refractivity contribution is 5.37. The zero-order chi connectivity index (χ0) is 41.4. The second kappa shape index (κ2) is 22.3. The van der Waals surface area contributed by atoms with Gasteiger partial charge in [0.1, 0.15) is 36.9 Å². The van der Waals surface area contributed by atoms with Crippen LogP contribution in [0.2, 0.25) is 0 Å². The molecule has 4 aromatic carbocycles. The number of rotatable bonds is 15. The Hall–Kier alpha value is -3.88. The van der Waals surface area contributed by atoms with Crippen molar-refractivity contribution in [1.29, 1.82) is 0 Å². The molecule has 0 unspecified atom stereocenters. The van der Waals surface area contributed by atoms with E-state index in [0.29, 0.717) is 38.7 Å². The maximum Gasteiger partial charge on any atom is 0.163 e. The summed E-state index contributed by atoms with van der Waals surface area (Å²) >= 11 is 0. The molecule has 11 heteroatoms. The van der Waals surface area contributed by atoms with Crippen LogP contribution in [-0.2, 0) is 32.0 Å². The van der Waals surface area contributed by atoms with Gasteiger partial charge in [-0.1, -0.05) is 72.8 Å². The Bertz CT molecular complexity index is 1710. The molecule has 5 N–H and O–H groups in total. The van der Waals surface area contributed by atoms with Crippen LogP contribution >= 0.6 is 0 Å². The Balaban J connectivity index is 0.000000266. The predicted octanol–water partition coefficient (Wildman–Crippen LogP) is 6.78. The van der Waals surface area contributed by atoms with Gasteiger partial charge in [-0.25, -0.2) is 0 Å². The number of nitrogens with zero attached hydrogens (tertiary/aromatic N) is 1. The Morgan fingerprint density at radius 3 is 1.46 bits per heavy atom. The summed E-state index contributed by atoms with van der Waals surface area (Å²) in [5.41, 5.74) is 11.7. The van der Waals surface area contributed by atoms with E-state index in [0.717, 1.165) is 41.1 Å². The zero-order valence-corrected chi connectivity index (χ0v) is 34.7. The molecule has 0 spiro atoms. The Morgan fingerprint density at radius 1 is 0.684 bits per heavy atom. The lowest BCUT2D eigenvalue weighted by Crippen LogP contribution is -2.28. The van der Waals surface area contributed by atoms with Crippen LogP contribution in [0.25, 0.3) is 0 Å². The molecule has 2 fully saturated rings. The van der Waals surface area contributed by atoms with Gasteiger partial charge in [0, 0.05) is 32.8 Å². The van der Waals surface area contributed by atoms with Crippen LogP contribution < -0.4 is 15.2 Å². The van der Waals surface area contributed by atoms with E-state index in [9.17, 15) is 10.2 Å². The van der Waals surface area contributed by atoms with Crippen LogP contribution in [0.4, 0.5) is 0 Å². The number of aryl methyl sites for hydroxylation is 2. The monoisotopic (exact) mass is 788 g/mol. The summed E-state index contributed by atoms with van der Waals surface area (Å²) in [6, 6.07) is 32.3. The van der Waals surface area contributed by atoms with E-state index < -0.39 is 23.8 Å². The minimum atomic E-state index is -0.663. The highest BCUT2D eigenvalue weighted by Crippen LogP contribution is 2.28. The average Bonchev–Trinajstić information content (AvgIpc) is 3.73. The van der Waals surface area contributed by atoms with Crippen molar-refractivity contribution in [1.82, 2.24) is 4.90 Å². The molecule has 0 aromatic heterocycles. The maximum absolute atomic E-state index is 11.3. The standard InChI is InChI=1S/C29H35NO4.C15H23NO4.C2H6O/c1-22-14-15-25(32-20-26-21-33-29(2,3)34-26)16-27(22)28(31)19-30(17-23-10-6-4-7-11-23)18-24-12-8-5-9-13-24;1-10-4-5-11(6-13(10)14(17)7-16)18-8-12-9-19-15(2,3)20-12;1-2-3/h4-16,26,28,31H,17-21H2,1-3H3;4-6,12,14,17H,7-9,16H2,1-3H3;3H,2H2,1H3/t26-,28+;12-,14+;/m00./s1. The number of nitrogens with two attached hydrogens (primary N) is 1. The molecule has 4 aromatic rings. The molecule has 2 saturated heterocycles. The molecule has 0 bridgehead atoms. The first-order valence-corrected chi connectivity index (χ1v) is 19.8. The van der Waals surface area contributed by atoms with Crippen LogP contribution in [-0.4, -0.2) is 90.1 Å². The van der Waals surface area contributed by atoms with E-state index in [1.807, 2.05) is 90.1 Å². The molecular formula is C46H64N2O9. The van der Waals surface area contributed by atoms with E-state index in [4.69, 9.17) is 39.3 Å². The smallest absolute Gasteiger partial charge is 0.163 e. The lowest BCUT2D eigenvalue weighted by molar-refractivity contribution is -0.141. The first-order chi connectivity index (χ1) is 27.2. The van der Waals surface area contributed by atoms with E-state index in [-0.39, 0.29) is 25.4 Å². The molecule has 4 atom stereocenters. The lowest BCUT2D eigenvalue weighted by atomic mass is 10.0. The van der Waals surface area contributed by atoms with E-state index >= 15 is 0 Å². The van der Waals surface area contributed by atoms with Gasteiger partial charge in [0.2, 0.25) is 0 Å². The van der Waals surface area contributed by atoms with Crippen LogP contribution in [0.15, 0.2) is 97.1 Å². The van der Waals surface area contributed by atoms with Crippen LogP contribution in [0.5, 0.6) is 11.5 Å². The third kappa shape index (κ3) is 15.4. The summed E-state index contributed by atoms with van der Waals surface area (Å²) in [7, 11) is 0. The lowest BCUT2D eigenvalue weighted by Gasteiger charge is -2.26. The van der Waals surface area contributed by atoms with E-state index in [2.05, 4.69) is 53.4 Å². The average molecular weight is 789 g/mol.